The van der Waals surface area contributed by atoms with Crippen LogP contribution in [0.3, 0.4) is 0 Å². The van der Waals surface area contributed by atoms with Crippen molar-refractivity contribution in [3.05, 3.63) is 29.6 Å². The molecule has 0 bridgehead atoms. The van der Waals surface area contributed by atoms with Crippen LogP contribution in [0.5, 0.6) is 0 Å². The molecule has 3 heteroatoms. The number of fused-ring (bicyclic) bond motifs is 1. The van der Waals surface area contributed by atoms with Gasteiger partial charge >= 0.3 is 0 Å². The second kappa shape index (κ2) is 4.97. The highest BCUT2D eigenvalue weighted by Crippen LogP contribution is 2.29. The second-order valence-corrected chi connectivity index (χ2v) is 6.59. The third-order valence-electron chi connectivity index (χ3n) is 4.24. The molecule has 0 spiro atoms. The Bertz CT molecular complexity index is 575. The van der Waals surface area contributed by atoms with Crippen molar-refractivity contribution in [2.45, 2.75) is 40.7 Å². The predicted octanol–water partition coefficient (Wildman–Crippen LogP) is 3.26. The standard InChI is InChI=1S/C16H25N3/c1-11(16(2,3)4)8-15-18-13-7-6-12(10-17)9-14(13)19(15)5/h6-7,9,11H,8,10,17H2,1-5H3. The molecule has 2 rings (SSSR count). The first-order valence-corrected chi connectivity index (χ1v) is 6.97. The summed E-state index contributed by atoms with van der Waals surface area (Å²) in [5, 5.41) is 0. The van der Waals surface area contributed by atoms with Gasteiger partial charge in [0.15, 0.2) is 0 Å². The molecule has 1 heterocycles. The number of nitrogens with two attached hydrogens (primary N) is 1. The van der Waals surface area contributed by atoms with Gasteiger partial charge in [0.05, 0.1) is 11.0 Å². The van der Waals surface area contributed by atoms with Gasteiger partial charge in [-0.15, -0.1) is 0 Å². The van der Waals surface area contributed by atoms with E-state index in [0.717, 1.165) is 23.3 Å². The first kappa shape index (κ1) is 14.1. The first-order valence-electron chi connectivity index (χ1n) is 6.97. The maximum Gasteiger partial charge on any atom is 0.109 e. The van der Waals surface area contributed by atoms with E-state index in [1.54, 1.807) is 0 Å². The van der Waals surface area contributed by atoms with Crippen molar-refractivity contribution in [3.63, 3.8) is 0 Å². The van der Waals surface area contributed by atoms with Gasteiger partial charge in [-0.05, 0) is 29.0 Å². The zero-order valence-corrected chi connectivity index (χ0v) is 12.7. The number of benzene rings is 1. The first-order chi connectivity index (χ1) is 8.82. The topological polar surface area (TPSA) is 43.8 Å². The average Bonchev–Trinajstić information content (AvgIpc) is 2.65. The lowest BCUT2D eigenvalue weighted by Crippen LogP contribution is -2.20. The molecule has 1 aromatic heterocycles. The average molecular weight is 259 g/mol. The van der Waals surface area contributed by atoms with Crippen LogP contribution in [0.25, 0.3) is 11.0 Å². The van der Waals surface area contributed by atoms with Crippen molar-refractivity contribution in [2.24, 2.45) is 24.1 Å². The lowest BCUT2D eigenvalue weighted by atomic mass is 9.80. The number of imidazole rings is 1. The van der Waals surface area contributed by atoms with E-state index in [4.69, 9.17) is 10.7 Å². The maximum absolute atomic E-state index is 5.71. The van der Waals surface area contributed by atoms with E-state index in [-0.39, 0.29) is 0 Å². The Kier molecular flexibility index (Phi) is 3.68. The summed E-state index contributed by atoms with van der Waals surface area (Å²) in [6.45, 7) is 9.73. The van der Waals surface area contributed by atoms with E-state index in [0.29, 0.717) is 17.9 Å². The van der Waals surface area contributed by atoms with E-state index in [1.807, 2.05) is 0 Å². The summed E-state index contributed by atoms with van der Waals surface area (Å²) < 4.78 is 2.21. The van der Waals surface area contributed by atoms with Gasteiger partial charge in [0.2, 0.25) is 0 Å². The molecule has 0 amide bonds. The molecule has 1 unspecified atom stereocenters. The zero-order chi connectivity index (χ0) is 14.2. The van der Waals surface area contributed by atoms with Crippen molar-refractivity contribution >= 4 is 11.0 Å². The monoisotopic (exact) mass is 259 g/mol. The highest BCUT2D eigenvalue weighted by Gasteiger charge is 2.22. The molecule has 3 nitrogen and oxygen atoms in total. The minimum Gasteiger partial charge on any atom is -0.331 e. The number of hydrogen-bond donors (Lipinski definition) is 1. The fraction of sp³-hybridized carbons (Fsp3) is 0.562. The Morgan fingerprint density at radius 1 is 1.32 bits per heavy atom. The van der Waals surface area contributed by atoms with E-state index in [2.05, 4.69) is 57.5 Å². The number of nitrogens with zero attached hydrogens (tertiary/aromatic N) is 2. The van der Waals surface area contributed by atoms with Crippen molar-refractivity contribution in [3.8, 4) is 0 Å². The smallest absolute Gasteiger partial charge is 0.109 e. The maximum atomic E-state index is 5.71. The molecule has 1 atom stereocenters. The summed E-state index contributed by atoms with van der Waals surface area (Å²) >= 11 is 0. The Hall–Kier alpha value is -1.35. The van der Waals surface area contributed by atoms with Gasteiger partial charge in [-0.1, -0.05) is 33.8 Å². The number of aryl methyl sites for hydroxylation is 1. The molecule has 19 heavy (non-hydrogen) atoms. The van der Waals surface area contributed by atoms with Crippen LogP contribution in [0.2, 0.25) is 0 Å². The third kappa shape index (κ3) is 2.81. The molecule has 2 aromatic rings. The molecule has 0 saturated carbocycles. The largest absolute Gasteiger partial charge is 0.331 e. The fourth-order valence-corrected chi connectivity index (χ4v) is 2.17. The molecular weight excluding hydrogens is 234 g/mol. The van der Waals surface area contributed by atoms with Gasteiger partial charge in [-0.2, -0.15) is 0 Å². The van der Waals surface area contributed by atoms with Crippen LogP contribution in [-0.2, 0) is 20.0 Å². The lowest BCUT2D eigenvalue weighted by molar-refractivity contribution is 0.255. The number of rotatable bonds is 3. The number of hydrogen-bond acceptors (Lipinski definition) is 2. The van der Waals surface area contributed by atoms with Crippen molar-refractivity contribution < 1.29 is 0 Å². The molecule has 1 aromatic carbocycles. The summed E-state index contributed by atoms with van der Waals surface area (Å²) in [6.07, 6.45) is 1.01. The predicted molar refractivity (Wildman–Crippen MR) is 80.9 cm³/mol. The van der Waals surface area contributed by atoms with Crippen molar-refractivity contribution in [1.82, 2.24) is 9.55 Å². The Labute approximate surface area is 115 Å². The molecule has 0 aliphatic rings. The van der Waals surface area contributed by atoms with Crippen LogP contribution in [-0.4, -0.2) is 9.55 Å². The van der Waals surface area contributed by atoms with Gasteiger partial charge in [-0.3, -0.25) is 0 Å². The Morgan fingerprint density at radius 2 is 2.00 bits per heavy atom. The van der Waals surface area contributed by atoms with Crippen molar-refractivity contribution in [2.75, 3.05) is 0 Å². The molecule has 0 fully saturated rings. The van der Waals surface area contributed by atoms with Gasteiger partial charge in [0.1, 0.15) is 5.82 Å². The zero-order valence-electron chi connectivity index (χ0n) is 12.7. The second-order valence-electron chi connectivity index (χ2n) is 6.59. The molecule has 0 radical (unpaired) electrons. The van der Waals surface area contributed by atoms with Crippen molar-refractivity contribution in [1.29, 1.82) is 0 Å². The van der Waals surface area contributed by atoms with Crippen LogP contribution in [0.4, 0.5) is 0 Å². The van der Waals surface area contributed by atoms with E-state index >= 15 is 0 Å². The summed E-state index contributed by atoms with van der Waals surface area (Å²) in [4.78, 5) is 4.76. The summed E-state index contributed by atoms with van der Waals surface area (Å²) in [5.41, 5.74) is 9.42. The van der Waals surface area contributed by atoms with Crippen LogP contribution >= 0.6 is 0 Å². The molecule has 0 aliphatic carbocycles. The highest BCUT2D eigenvalue weighted by atomic mass is 15.1. The van der Waals surface area contributed by atoms with E-state index in [9.17, 15) is 0 Å². The van der Waals surface area contributed by atoms with Gasteiger partial charge in [0.25, 0.3) is 0 Å². The molecule has 104 valence electrons. The quantitative estimate of drug-likeness (QED) is 0.919. The summed E-state index contributed by atoms with van der Waals surface area (Å²) in [7, 11) is 2.10. The third-order valence-corrected chi connectivity index (χ3v) is 4.24. The normalized spacial score (nSPS) is 14.0. The van der Waals surface area contributed by atoms with Crippen LogP contribution in [0.1, 0.15) is 39.1 Å². The van der Waals surface area contributed by atoms with Crippen LogP contribution in [0.15, 0.2) is 18.2 Å². The SMILES string of the molecule is CC(Cc1nc2ccc(CN)cc2n1C)C(C)(C)C. The lowest BCUT2D eigenvalue weighted by Gasteiger charge is -2.26. The summed E-state index contributed by atoms with van der Waals surface area (Å²) in [6, 6.07) is 6.28. The highest BCUT2D eigenvalue weighted by molar-refractivity contribution is 5.76. The van der Waals surface area contributed by atoms with Gasteiger partial charge in [-0.25, -0.2) is 4.98 Å². The molecule has 0 aliphatic heterocycles. The molecule has 2 N–H and O–H groups in total. The van der Waals surface area contributed by atoms with Crippen LogP contribution < -0.4 is 5.73 Å². The summed E-state index contributed by atoms with van der Waals surface area (Å²) in [5.74, 6) is 1.75. The van der Waals surface area contributed by atoms with Gasteiger partial charge < -0.3 is 10.3 Å². The Morgan fingerprint density at radius 3 is 2.58 bits per heavy atom. The Balaban J connectivity index is 2.37. The van der Waals surface area contributed by atoms with E-state index in [1.165, 1.54) is 5.52 Å². The van der Waals surface area contributed by atoms with E-state index < -0.39 is 0 Å². The minimum atomic E-state index is 0.306. The fourth-order valence-electron chi connectivity index (χ4n) is 2.17. The number of aromatic nitrogens is 2. The molecular formula is C16H25N3. The molecule has 0 saturated heterocycles. The minimum absolute atomic E-state index is 0.306. The van der Waals surface area contributed by atoms with Gasteiger partial charge in [0, 0.05) is 20.0 Å². The van der Waals surface area contributed by atoms with Crippen LogP contribution in [0, 0.1) is 11.3 Å².